The van der Waals surface area contributed by atoms with Crippen molar-refractivity contribution in [3.8, 4) is 11.3 Å². The Hall–Kier alpha value is -3.62. The first-order valence-electron chi connectivity index (χ1n) is 10.5. The molecule has 1 amide bonds. The standard InChI is InChI=1S/C22H25N7O2/c1-12(2)29-19-15-6-5-13(16-7-8-24-27-16)10-17(15)25-20(23)18(19)26-21(29)14-4-3-9-28(11-14)22(30)31/h5-8,10,12,14H,3-4,9,11H2,1-2H3,(H2,23,25)(H,24,27)(H,30,31)/t14-/m0/s1. The summed E-state index contributed by atoms with van der Waals surface area (Å²) in [6.07, 6.45) is 2.62. The summed E-state index contributed by atoms with van der Waals surface area (Å²) in [6, 6.07) is 8.11. The molecule has 5 rings (SSSR count). The molecule has 0 radical (unpaired) electrons. The molecule has 4 heterocycles. The van der Waals surface area contributed by atoms with Gasteiger partial charge in [0, 0.05) is 42.2 Å². The van der Waals surface area contributed by atoms with Crippen LogP contribution in [0, 0.1) is 0 Å². The van der Waals surface area contributed by atoms with Crippen LogP contribution in [0.1, 0.15) is 44.5 Å². The predicted octanol–water partition coefficient (Wildman–Crippen LogP) is 4.00. The number of pyridine rings is 1. The second kappa shape index (κ2) is 7.26. The molecule has 1 aromatic carbocycles. The number of carbonyl (C=O) groups is 1. The fraction of sp³-hybridized carbons (Fsp3) is 0.364. The normalized spacial score (nSPS) is 17.1. The van der Waals surface area contributed by atoms with Gasteiger partial charge >= 0.3 is 6.09 Å². The molecule has 3 aromatic heterocycles. The number of nitrogens with two attached hydrogens (primary N) is 1. The van der Waals surface area contributed by atoms with Crippen molar-refractivity contribution in [3.05, 3.63) is 36.3 Å². The summed E-state index contributed by atoms with van der Waals surface area (Å²) in [5.74, 6) is 1.29. The average molecular weight is 419 g/mol. The minimum absolute atomic E-state index is 0.0254. The maximum absolute atomic E-state index is 11.5. The van der Waals surface area contributed by atoms with Crippen LogP contribution in [-0.4, -0.2) is 53.9 Å². The van der Waals surface area contributed by atoms with Crippen LogP contribution in [0.15, 0.2) is 30.5 Å². The van der Waals surface area contributed by atoms with Gasteiger partial charge in [-0.2, -0.15) is 5.10 Å². The van der Waals surface area contributed by atoms with Crippen LogP contribution in [0.5, 0.6) is 0 Å². The molecule has 0 aliphatic carbocycles. The number of amides is 1. The molecule has 1 saturated heterocycles. The molecule has 4 aromatic rings. The fourth-order valence-electron chi connectivity index (χ4n) is 4.65. The summed E-state index contributed by atoms with van der Waals surface area (Å²) in [7, 11) is 0. The summed E-state index contributed by atoms with van der Waals surface area (Å²) in [5.41, 5.74) is 10.6. The Morgan fingerprint density at radius 2 is 2.13 bits per heavy atom. The topological polar surface area (TPSA) is 126 Å². The monoisotopic (exact) mass is 419 g/mol. The number of H-pyrrole nitrogens is 1. The van der Waals surface area contributed by atoms with E-state index in [1.54, 1.807) is 6.20 Å². The van der Waals surface area contributed by atoms with Crippen molar-refractivity contribution in [1.82, 2.24) is 29.6 Å². The number of carboxylic acid groups (broad SMARTS) is 1. The van der Waals surface area contributed by atoms with E-state index in [1.165, 1.54) is 4.90 Å². The first kappa shape index (κ1) is 19.3. The van der Waals surface area contributed by atoms with E-state index in [9.17, 15) is 9.90 Å². The number of aromatic nitrogens is 5. The molecule has 1 atom stereocenters. The molecule has 9 heteroatoms. The molecule has 4 N–H and O–H groups in total. The van der Waals surface area contributed by atoms with Crippen molar-refractivity contribution >= 4 is 33.8 Å². The van der Waals surface area contributed by atoms with Crippen molar-refractivity contribution < 1.29 is 9.90 Å². The van der Waals surface area contributed by atoms with Gasteiger partial charge in [-0.25, -0.2) is 14.8 Å². The number of piperidine rings is 1. The van der Waals surface area contributed by atoms with Gasteiger partial charge in [0.05, 0.1) is 16.7 Å². The molecule has 0 spiro atoms. The number of likely N-dealkylation sites (tertiary alicyclic amines) is 1. The van der Waals surface area contributed by atoms with Crippen molar-refractivity contribution in [3.63, 3.8) is 0 Å². The number of anilines is 1. The third-order valence-electron chi connectivity index (χ3n) is 6.04. The zero-order valence-electron chi connectivity index (χ0n) is 17.5. The van der Waals surface area contributed by atoms with E-state index in [2.05, 4.69) is 33.6 Å². The van der Waals surface area contributed by atoms with E-state index >= 15 is 0 Å². The minimum atomic E-state index is -0.880. The molecule has 160 valence electrons. The lowest BCUT2D eigenvalue weighted by Gasteiger charge is -2.31. The number of imidazole rings is 1. The van der Waals surface area contributed by atoms with Crippen molar-refractivity contribution in [2.24, 2.45) is 0 Å². The highest BCUT2D eigenvalue weighted by Crippen LogP contribution is 2.37. The smallest absolute Gasteiger partial charge is 0.407 e. The number of hydrogen-bond acceptors (Lipinski definition) is 5. The highest BCUT2D eigenvalue weighted by Gasteiger charge is 2.30. The molecule has 1 aliphatic heterocycles. The number of nitrogens with zero attached hydrogens (tertiary/aromatic N) is 5. The maximum atomic E-state index is 11.5. The third kappa shape index (κ3) is 3.17. The molecular formula is C22H25N7O2. The number of aromatic amines is 1. The van der Waals surface area contributed by atoms with Crippen molar-refractivity contribution in [2.75, 3.05) is 18.8 Å². The van der Waals surface area contributed by atoms with E-state index in [-0.39, 0.29) is 12.0 Å². The van der Waals surface area contributed by atoms with Crippen LogP contribution in [0.4, 0.5) is 10.6 Å². The molecular weight excluding hydrogens is 394 g/mol. The minimum Gasteiger partial charge on any atom is -0.465 e. The highest BCUT2D eigenvalue weighted by atomic mass is 16.4. The SMILES string of the molecule is CC(C)n1c([C@H]2CCCN(C(=O)O)C2)nc2c(N)nc3cc(-c4cc[nH]n4)ccc3c21. The lowest BCUT2D eigenvalue weighted by molar-refractivity contribution is 0.129. The van der Waals surface area contributed by atoms with Crippen LogP contribution in [-0.2, 0) is 0 Å². The molecule has 0 saturated carbocycles. The van der Waals surface area contributed by atoms with Crippen molar-refractivity contribution in [1.29, 1.82) is 0 Å². The van der Waals surface area contributed by atoms with E-state index in [1.807, 2.05) is 24.3 Å². The van der Waals surface area contributed by atoms with Crippen LogP contribution >= 0.6 is 0 Å². The first-order valence-corrected chi connectivity index (χ1v) is 10.5. The number of hydrogen-bond donors (Lipinski definition) is 3. The van der Waals surface area contributed by atoms with Crippen LogP contribution < -0.4 is 5.73 Å². The predicted molar refractivity (Wildman–Crippen MR) is 119 cm³/mol. The molecule has 31 heavy (non-hydrogen) atoms. The number of nitrogen functional groups attached to an aromatic ring is 1. The largest absolute Gasteiger partial charge is 0.465 e. The summed E-state index contributed by atoms with van der Waals surface area (Å²) >= 11 is 0. The Morgan fingerprint density at radius 1 is 1.29 bits per heavy atom. The summed E-state index contributed by atoms with van der Waals surface area (Å²) < 4.78 is 2.21. The molecule has 0 unspecified atom stereocenters. The zero-order chi connectivity index (χ0) is 21.7. The number of rotatable bonds is 3. The van der Waals surface area contributed by atoms with Crippen LogP contribution in [0.25, 0.3) is 33.2 Å². The third-order valence-corrected chi connectivity index (χ3v) is 6.04. The fourth-order valence-corrected chi connectivity index (χ4v) is 4.65. The summed E-state index contributed by atoms with van der Waals surface area (Å²) in [6.45, 7) is 5.24. The number of benzene rings is 1. The van der Waals surface area contributed by atoms with Gasteiger partial charge in [-0.15, -0.1) is 0 Å². The van der Waals surface area contributed by atoms with Gasteiger partial charge in [-0.3, -0.25) is 5.10 Å². The van der Waals surface area contributed by atoms with Gasteiger partial charge in [-0.1, -0.05) is 6.07 Å². The van der Waals surface area contributed by atoms with Crippen LogP contribution in [0.3, 0.4) is 0 Å². The Morgan fingerprint density at radius 3 is 2.84 bits per heavy atom. The second-order valence-corrected chi connectivity index (χ2v) is 8.39. The van der Waals surface area contributed by atoms with Gasteiger partial charge in [0.2, 0.25) is 0 Å². The molecule has 1 aliphatic rings. The maximum Gasteiger partial charge on any atom is 0.407 e. The van der Waals surface area contributed by atoms with Gasteiger partial charge < -0.3 is 20.3 Å². The van der Waals surface area contributed by atoms with Gasteiger partial charge in [0.25, 0.3) is 0 Å². The van der Waals surface area contributed by atoms with E-state index < -0.39 is 6.09 Å². The Balaban J connectivity index is 1.71. The Labute approximate surface area is 178 Å². The zero-order valence-corrected chi connectivity index (χ0v) is 17.5. The van der Waals surface area contributed by atoms with Gasteiger partial charge in [-0.05, 0) is 44.9 Å². The highest BCUT2D eigenvalue weighted by molar-refractivity contribution is 6.07. The summed E-state index contributed by atoms with van der Waals surface area (Å²) in [4.78, 5) is 22.6. The van der Waals surface area contributed by atoms with E-state index in [4.69, 9.17) is 10.7 Å². The van der Waals surface area contributed by atoms with E-state index in [0.29, 0.717) is 24.4 Å². The van der Waals surface area contributed by atoms with Gasteiger partial charge in [0.15, 0.2) is 5.82 Å². The number of fused-ring (bicyclic) bond motifs is 3. The Kier molecular flexibility index (Phi) is 4.53. The van der Waals surface area contributed by atoms with Crippen LogP contribution in [0.2, 0.25) is 0 Å². The average Bonchev–Trinajstić information content (AvgIpc) is 3.42. The summed E-state index contributed by atoms with van der Waals surface area (Å²) in [5, 5.41) is 17.5. The number of nitrogens with one attached hydrogen (secondary N) is 1. The molecule has 0 bridgehead atoms. The quantitative estimate of drug-likeness (QED) is 0.461. The van der Waals surface area contributed by atoms with Crippen molar-refractivity contribution in [2.45, 2.75) is 38.6 Å². The molecule has 9 nitrogen and oxygen atoms in total. The second-order valence-electron chi connectivity index (χ2n) is 8.39. The van der Waals surface area contributed by atoms with Gasteiger partial charge in [0.1, 0.15) is 11.3 Å². The van der Waals surface area contributed by atoms with E-state index in [0.717, 1.165) is 46.3 Å². The molecule has 1 fully saturated rings. The first-order chi connectivity index (χ1) is 14.9. The Bertz CT molecular complexity index is 1280. The lowest BCUT2D eigenvalue weighted by Crippen LogP contribution is -2.38. The lowest BCUT2D eigenvalue weighted by atomic mass is 9.97.